The third-order valence-electron chi connectivity index (χ3n) is 2.82. The summed E-state index contributed by atoms with van der Waals surface area (Å²) in [5.41, 5.74) is 5.89. The monoisotopic (exact) mass is 232 g/mol. The van der Waals surface area contributed by atoms with Crippen molar-refractivity contribution in [3.63, 3.8) is 0 Å². The van der Waals surface area contributed by atoms with Crippen LogP contribution in [0.4, 0.5) is 11.4 Å². The van der Waals surface area contributed by atoms with Gasteiger partial charge in [0, 0.05) is 6.54 Å². The SMILES string of the molecule is Cc1c(O)cccc1CNc1c(N)c(=O)c1=O. The number of nitrogens with two attached hydrogens (primary N) is 1. The van der Waals surface area contributed by atoms with E-state index in [2.05, 4.69) is 5.32 Å². The van der Waals surface area contributed by atoms with Crippen molar-refractivity contribution >= 4 is 11.4 Å². The van der Waals surface area contributed by atoms with Crippen LogP contribution >= 0.6 is 0 Å². The van der Waals surface area contributed by atoms with E-state index in [1.165, 1.54) is 0 Å². The number of nitrogen functional groups attached to an aromatic ring is 1. The van der Waals surface area contributed by atoms with Crippen molar-refractivity contribution in [1.82, 2.24) is 0 Å². The van der Waals surface area contributed by atoms with Gasteiger partial charge in [-0.3, -0.25) is 9.59 Å². The van der Waals surface area contributed by atoms with Gasteiger partial charge in [0.15, 0.2) is 0 Å². The number of anilines is 2. The second-order valence-electron chi connectivity index (χ2n) is 3.86. The fourth-order valence-corrected chi connectivity index (χ4v) is 1.63. The van der Waals surface area contributed by atoms with E-state index >= 15 is 0 Å². The van der Waals surface area contributed by atoms with E-state index in [4.69, 9.17) is 5.73 Å². The molecule has 0 unspecified atom stereocenters. The van der Waals surface area contributed by atoms with Crippen LogP contribution in [-0.2, 0) is 6.54 Å². The summed E-state index contributed by atoms with van der Waals surface area (Å²) in [6.45, 7) is 2.12. The van der Waals surface area contributed by atoms with Crippen molar-refractivity contribution < 1.29 is 5.11 Å². The van der Waals surface area contributed by atoms with Gasteiger partial charge in [-0.1, -0.05) is 12.1 Å². The van der Waals surface area contributed by atoms with Gasteiger partial charge in [-0.2, -0.15) is 0 Å². The van der Waals surface area contributed by atoms with Crippen molar-refractivity contribution in [3.8, 4) is 5.75 Å². The van der Waals surface area contributed by atoms with Gasteiger partial charge < -0.3 is 16.2 Å². The Morgan fingerprint density at radius 2 is 2.00 bits per heavy atom. The molecule has 2 aromatic rings. The van der Waals surface area contributed by atoms with E-state index in [0.29, 0.717) is 6.54 Å². The number of aromatic hydroxyl groups is 1. The molecule has 0 aliphatic carbocycles. The molecule has 0 atom stereocenters. The molecule has 0 amide bonds. The minimum absolute atomic E-state index is 0.0205. The molecule has 0 bridgehead atoms. The predicted octanol–water partition coefficient (Wildman–Crippen LogP) is 0.491. The summed E-state index contributed by atoms with van der Waals surface area (Å²) < 4.78 is 0. The van der Waals surface area contributed by atoms with Crippen molar-refractivity contribution in [2.75, 3.05) is 11.1 Å². The van der Waals surface area contributed by atoms with E-state index < -0.39 is 10.9 Å². The molecule has 0 fully saturated rings. The number of hydrogen-bond acceptors (Lipinski definition) is 5. The normalized spacial score (nSPS) is 10.6. The van der Waals surface area contributed by atoms with Crippen LogP contribution in [0.1, 0.15) is 11.1 Å². The van der Waals surface area contributed by atoms with E-state index in [1.54, 1.807) is 19.1 Å². The van der Waals surface area contributed by atoms with Crippen LogP contribution in [-0.4, -0.2) is 5.11 Å². The maximum atomic E-state index is 11.1. The number of phenols is 1. The molecule has 2 rings (SSSR count). The summed E-state index contributed by atoms with van der Waals surface area (Å²) in [4.78, 5) is 22.0. The average Bonchev–Trinajstić information content (AvgIpc) is 2.33. The Bertz CT molecular complexity index is 639. The number of rotatable bonds is 3. The molecular weight excluding hydrogens is 220 g/mol. The van der Waals surface area contributed by atoms with Crippen LogP contribution in [0.3, 0.4) is 0 Å². The lowest BCUT2D eigenvalue weighted by Gasteiger charge is -2.12. The third-order valence-corrected chi connectivity index (χ3v) is 2.82. The van der Waals surface area contributed by atoms with Crippen molar-refractivity contribution in [2.45, 2.75) is 13.5 Å². The van der Waals surface area contributed by atoms with Gasteiger partial charge in [-0.05, 0) is 24.1 Å². The van der Waals surface area contributed by atoms with E-state index in [9.17, 15) is 14.7 Å². The predicted molar refractivity (Wildman–Crippen MR) is 65.9 cm³/mol. The smallest absolute Gasteiger partial charge is 0.253 e. The Hall–Kier alpha value is -2.30. The molecule has 0 saturated carbocycles. The maximum absolute atomic E-state index is 11.1. The minimum atomic E-state index is -0.639. The minimum Gasteiger partial charge on any atom is -0.508 e. The molecule has 17 heavy (non-hydrogen) atoms. The molecule has 0 aliphatic rings. The number of nitrogens with one attached hydrogen (secondary N) is 1. The Balaban J connectivity index is 2.17. The van der Waals surface area contributed by atoms with Gasteiger partial charge in [0.25, 0.3) is 10.9 Å². The lowest BCUT2D eigenvalue weighted by atomic mass is 10.1. The number of phenolic OH excluding ortho intramolecular Hbond substituents is 1. The van der Waals surface area contributed by atoms with Crippen molar-refractivity contribution in [1.29, 1.82) is 0 Å². The molecule has 88 valence electrons. The van der Waals surface area contributed by atoms with Crippen molar-refractivity contribution in [3.05, 3.63) is 49.8 Å². The molecule has 4 N–H and O–H groups in total. The van der Waals surface area contributed by atoms with Crippen LogP contribution in [0.5, 0.6) is 5.75 Å². The van der Waals surface area contributed by atoms with Gasteiger partial charge >= 0.3 is 0 Å². The Labute approximate surface area is 97.2 Å². The standard InChI is InChI=1S/C12H12N2O3/c1-6-7(3-2-4-8(6)15)5-14-10-9(13)11(16)12(10)17/h2-4,14-15H,5,13H2,1H3. The van der Waals surface area contributed by atoms with E-state index in [0.717, 1.165) is 11.1 Å². The second kappa shape index (κ2) is 3.93. The third kappa shape index (κ3) is 1.75. The van der Waals surface area contributed by atoms with Gasteiger partial charge in [0.05, 0.1) is 0 Å². The zero-order chi connectivity index (χ0) is 12.6. The van der Waals surface area contributed by atoms with Crippen LogP contribution < -0.4 is 21.9 Å². The molecule has 5 nitrogen and oxygen atoms in total. The molecule has 0 aromatic heterocycles. The summed E-state index contributed by atoms with van der Waals surface area (Å²) in [5.74, 6) is 0.197. The van der Waals surface area contributed by atoms with Crippen LogP contribution in [0, 0.1) is 6.92 Å². The summed E-state index contributed by atoms with van der Waals surface area (Å²) >= 11 is 0. The second-order valence-corrected chi connectivity index (χ2v) is 3.86. The highest BCUT2D eigenvalue weighted by atomic mass is 16.3. The van der Waals surface area contributed by atoms with Crippen LogP contribution in [0.2, 0.25) is 0 Å². The fourth-order valence-electron chi connectivity index (χ4n) is 1.63. The fraction of sp³-hybridized carbons (Fsp3) is 0.167. The Morgan fingerprint density at radius 1 is 1.29 bits per heavy atom. The van der Waals surface area contributed by atoms with Crippen LogP contribution in [0.15, 0.2) is 27.8 Å². The van der Waals surface area contributed by atoms with Gasteiger partial charge in [0.2, 0.25) is 0 Å². The first-order chi connectivity index (χ1) is 8.02. The highest BCUT2D eigenvalue weighted by Gasteiger charge is 2.17. The highest BCUT2D eigenvalue weighted by molar-refractivity contribution is 5.71. The van der Waals surface area contributed by atoms with E-state index in [1.807, 2.05) is 6.07 Å². The first-order valence-electron chi connectivity index (χ1n) is 5.12. The summed E-state index contributed by atoms with van der Waals surface area (Å²) in [5, 5.41) is 12.3. The van der Waals surface area contributed by atoms with Crippen molar-refractivity contribution in [2.24, 2.45) is 0 Å². The van der Waals surface area contributed by atoms with Gasteiger partial charge in [-0.15, -0.1) is 0 Å². The van der Waals surface area contributed by atoms with Crippen LogP contribution in [0.25, 0.3) is 0 Å². The first-order valence-corrected chi connectivity index (χ1v) is 5.12. The average molecular weight is 232 g/mol. The summed E-state index contributed by atoms with van der Waals surface area (Å²) in [6.07, 6.45) is 0. The van der Waals surface area contributed by atoms with Gasteiger partial charge in [0.1, 0.15) is 17.1 Å². The zero-order valence-electron chi connectivity index (χ0n) is 9.28. The molecule has 2 aromatic carbocycles. The maximum Gasteiger partial charge on any atom is 0.253 e. The molecule has 0 heterocycles. The molecule has 5 heteroatoms. The zero-order valence-corrected chi connectivity index (χ0v) is 9.28. The quantitative estimate of drug-likeness (QED) is 0.670. The lowest BCUT2D eigenvalue weighted by Crippen LogP contribution is -2.36. The molecule has 0 saturated heterocycles. The Morgan fingerprint density at radius 3 is 2.65 bits per heavy atom. The highest BCUT2D eigenvalue weighted by Crippen LogP contribution is 2.20. The largest absolute Gasteiger partial charge is 0.508 e. The first kappa shape index (κ1) is 11.2. The molecular formula is C12H12N2O3. The summed E-state index contributed by atoms with van der Waals surface area (Å²) in [7, 11) is 0. The van der Waals surface area contributed by atoms with E-state index in [-0.39, 0.29) is 17.1 Å². The van der Waals surface area contributed by atoms with Gasteiger partial charge in [-0.25, -0.2) is 0 Å². The number of hydrogen-bond donors (Lipinski definition) is 3. The topological polar surface area (TPSA) is 92.4 Å². The number of benzene rings is 1. The molecule has 0 spiro atoms. The summed E-state index contributed by atoms with van der Waals surface area (Å²) in [6, 6.07) is 5.12. The Kier molecular flexibility index (Phi) is 2.59. The molecule has 0 aliphatic heterocycles. The lowest BCUT2D eigenvalue weighted by molar-refractivity contribution is 0.470. The molecule has 0 radical (unpaired) electrons.